The van der Waals surface area contributed by atoms with Crippen LogP contribution in [0.2, 0.25) is 0 Å². The van der Waals surface area contributed by atoms with Gasteiger partial charge in [0, 0.05) is 38.8 Å². The van der Waals surface area contributed by atoms with Gasteiger partial charge in [0.1, 0.15) is 13.2 Å². The highest BCUT2D eigenvalue weighted by atomic mass is 32.2. The summed E-state index contributed by atoms with van der Waals surface area (Å²) in [5, 5.41) is 10.4. The van der Waals surface area contributed by atoms with Crippen LogP contribution in [0.15, 0.2) is 53.4 Å². The van der Waals surface area contributed by atoms with Gasteiger partial charge in [0.15, 0.2) is 11.5 Å². The van der Waals surface area contributed by atoms with Crippen molar-refractivity contribution >= 4 is 10.0 Å². The molecular formula is C20H24N2O5S. The summed E-state index contributed by atoms with van der Waals surface area (Å²) in [6, 6.07) is 14.3. The van der Waals surface area contributed by atoms with Gasteiger partial charge >= 0.3 is 0 Å². The standard InChI is InChI=1S/C20H24N2O5S/c23-18(16-4-2-1-3-5-16)15-21-8-10-22(11-9-21)28(24,25)17-6-7-19-20(14-17)27-13-12-26-19/h1-7,14,18,23H,8-13,15H2. The molecule has 2 aliphatic heterocycles. The van der Waals surface area contributed by atoms with Crippen molar-refractivity contribution < 1.29 is 23.0 Å². The number of piperazine rings is 1. The Hall–Kier alpha value is -2.13. The Labute approximate surface area is 165 Å². The molecule has 2 aromatic rings. The highest BCUT2D eigenvalue weighted by Crippen LogP contribution is 2.33. The van der Waals surface area contributed by atoms with Crippen LogP contribution in [0.5, 0.6) is 11.5 Å². The van der Waals surface area contributed by atoms with Gasteiger partial charge in [-0.25, -0.2) is 8.42 Å². The number of β-amino-alcohol motifs (C(OH)–C–C–N with tert-alkyl or cyclic N) is 1. The molecule has 150 valence electrons. The van der Waals surface area contributed by atoms with Gasteiger partial charge < -0.3 is 14.6 Å². The van der Waals surface area contributed by atoms with Gasteiger partial charge in [-0.15, -0.1) is 0 Å². The Morgan fingerprint density at radius 2 is 1.61 bits per heavy atom. The zero-order valence-corrected chi connectivity index (χ0v) is 16.3. The Morgan fingerprint density at radius 1 is 0.929 bits per heavy atom. The number of hydrogen-bond acceptors (Lipinski definition) is 6. The third-order valence-electron chi connectivity index (χ3n) is 5.10. The fraction of sp³-hybridized carbons (Fsp3) is 0.400. The number of nitrogens with zero attached hydrogens (tertiary/aromatic N) is 2. The molecule has 0 spiro atoms. The predicted molar refractivity (Wildman–Crippen MR) is 104 cm³/mol. The molecule has 0 amide bonds. The molecule has 4 rings (SSSR count). The normalized spacial score (nSPS) is 19.3. The molecule has 0 bridgehead atoms. The molecular weight excluding hydrogens is 380 g/mol. The lowest BCUT2D eigenvalue weighted by atomic mass is 10.1. The zero-order valence-electron chi connectivity index (χ0n) is 15.5. The highest BCUT2D eigenvalue weighted by Gasteiger charge is 2.30. The van der Waals surface area contributed by atoms with E-state index in [-0.39, 0.29) is 4.90 Å². The zero-order chi connectivity index (χ0) is 19.6. The van der Waals surface area contributed by atoms with Crippen molar-refractivity contribution in [2.45, 2.75) is 11.0 Å². The first-order chi connectivity index (χ1) is 13.5. The lowest BCUT2D eigenvalue weighted by molar-refractivity contribution is 0.0921. The monoisotopic (exact) mass is 404 g/mol. The molecule has 0 radical (unpaired) electrons. The predicted octanol–water partition coefficient (Wildman–Crippen LogP) is 1.50. The first-order valence-electron chi connectivity index (χ1n) is 9.39. The third kappa shape index (κ3) is 4.00. The van der Waals surface area contributed by atoms with Crippen molar-refractivity contribution in [1.29, 1.82) is 0 Å². The Balaban J connectivity index is 1.39. The maximum atomic E-state index is 13.0. The van der Waals surface area contributed by atoms with Crippen LogP contribution >= 0.6 is 0 Å². The van der Waals surface area contributed by atoms with E-state index in [9.17, 15) is 13.5 Å². The fourth-order valence-electron chi connectivity index (χ4n) is 3.51. The smallest absolute Gasteiger partial charge is 0.243 e. The van der Waals surface area contributed by atoms with Crippen LogP contribution in [0.4, 0.5) is 0 Å². The van der Waals surface area contributed by atoms with Gasteiger partial charge in [0.25, 0.3) is 0 Å². The topological polar surface area (TPSA) is 79.3 Å². The Morgan fingerprint density at radius 3 is 2.32 bits per heavy atom. The molecule has 2 aromatic carbocycles. The van der Waals surface area contributed by atoms with Gasteiger partial charge in [-0.05, 0) is 17.7 Å². The van der Waals surface area contributed by atoms with Crippen molar-refractivity contribution in [1.82, 2.24) is 9.21 Å². The SMILES string of the molecule is O=S(=O)(c1ccc2c(c1)OCCO2)N1CCN(CC(O)c2ccccc2)CC1. The second kappa shape index (κ2) is 8.08. The minimum atomic E-state index is -3.59. The van der Waals surface area contributed by atoms with E-state index < -0.39 is 16.1 Å². The first kappa shape index (κ1) is 19.2. The van der Waals surface area contributed by atoms with Crippen molar-refractivity contribution in [3.63, 3.8) is 0 Å². The van der Waals surface area contributed by atoms with Crippen LogP contribution in [0.25, 0.3) is 0 Å². The third-order valence-corrected chi connectivity index (χ3v) is 6.99. The van der Waals surface area contributed by atoms with Gasteiger partial charge in [-0.1, -0.05) is 30.3 Å². The quantitative estimate of drug-likeness (QED) is 0.814. The summed E-state index contributed by atoms with van der Waals surface area (Å²) in [7, 11) is -3.59. The van der Waals surface area contributed by atoms with Gasteiger partial charge in [-0.2, -0.15) is 4.31 Å². The summed E-state index contributed by atoms with van der Waals surface area (Å²) in [5.74, 6) is 1.04. The molecule has 2 aliphatic rings. The average Bonchev–Trinajstić information content (AvgIpc) is 2.74. The number of benzene rings is 2. The maximum Gasteiger partial charge on any atom is 0.243 e. The van der Waals surface area contributed by atoms with Crippen molar-refractivity contribution in [3.05, 3.63) is 54.1 Å². The minimum absolute atomic E-state index is 0.217. The van der Waals surface area contributed by atoms with Crippen LogP contribution < -0.4 is 9.47 Å². The minimum Gasteiger partial charge on any atom is -0.486 e. The van der Waals surface area contributed by atoms with Crippen LogP contribution in [-0.4, -0.2) is 68.7 Å². The molecule has 7 nitrogen and oxygen atoms in total. The van der Waals surface area contributed by atoms with E-state index in [0.29, 0.717) is 57.4 Å². The molecule has 0 saturated carbocycles. The fourth-order valence-corrected chi connectivity index (χ4v) is 4.95. The van der Waals surface area contributed by atoms with Crippen molar-refractivity contribution in [2.24, 2.45) is 0 Å². The number of ether oxygens (including phenoxy) is 2. The van der Waals surface area contributed by atoms with Crippen LogP contribution in [-0.2, 0) is 10.0 Å². The summed E-state index contributed by atoms with van der Waals surface area (Å²) in [6.07, 6.45) is -0.581. The van der Waals surface area contributed by atoms with Gasteiger partial charge in [0.2, 0.25) is 10.0 Å². The van der Waals surface area contributed by atoms with Crippen molar-refractivity contribution in [3.8, 4) is 11.5 Å². The molecule has 0 aromatic heterocycles. The summed E-state index contributed by atoms with van der Waals surface area (Å²) in [5.41, 5.74) is 0.869. The average molecular weight is 404 g/mol. The second-order valence-electron chi connectivity index (χ2n) is 6.94. The second-order valence-corrected chi connectivity index (χ2v) is 8.87. The highest BCUT2D eigenvalue weighted by molar-refractivity contribution is 7.89. The summed E-state index contributed by atoms with van der Waals surface area (Å²) >= 11 is 0. The van der Waals surface area contributed by atoms with E-state index in [2.05, 4.69) is 4.90 Å². The lowest BCUT2D eigenvalue weighted by Crippen LogP contribution is -2.49. The largest absolute Gasteiger partial charge is 0.486 e. The first-order valence-corrected chi connectivity index (χ1v) is 10.8. The molecule has 1 N–H and O–H groups in total. The summed E-state index contributed by atoms with van der Waals surface area (Å²) in [4.78, 5) is 2.31. The molecule has 1 saturated heterocycles. The van der Waals surface area contributed by atoms with Crippen molar-refractivity contribution in [2.75, 3.05) is 45.9 Å². The van der Waals surface area contributed by atoms with E-state index in [1.807, 2.05) is 30.3 Å². The number of fused-ring (bicyclic) bond motifs is 1. The number of rotatable bonds is 5. The molecule has 28 heavy (non-hydrogen) atoms. The van der Waals surface area contributed by atoms with Crippen LogP contribution in [0.3, 0.4) is 0 Å². The molecule has 8 heteroatoms. The maximum absolute atomic E-state index is 13.0. The van der Waals surface area contributed by atoms with E-state index in [1.165, 1.54) is 10.4 Å². The number of aliphatic hydroxyl groups excluding tert-OH is 1. The van der Waals surface area contributed by atoms with E-state index in [4.69, 9.17) is 9.47 Å². The molecule has 1 fully saturated rings. The van der Waals surface area contributed by atoms with Gasteiger partial charge in [0.05, 0.1) is 11.0 Å². The van der Waals surface area contributed by atoms with Crippen LogP contribution in [0.1, 0.15) is 11.7 Å². The molecule has 1 unspecified atom stereocenters. The Kier molecular flexibility index (Phi) is 5.54. The van der Waals surface area contributed by atoms with Crippen LogP contribution in [0, 0.1) is 0 Å². The van der Waals surface area contributed by atoms with E-state index in [1.54, 1.807) is 12.1 Å². The lowest BCUT2D eigenvalue weighted by Gasteiger charge is -2.35. The number of aliphatic hydroxyl groups is 1. The number of hydrogen-bond donors (Lipinski definition) is 1. The number of sulfonamides is 1. The molecule has 2 heterocycles. The Bertz CT molecular complexity index is 911. The van der Waals surface area contributed by atoms with E-state index in [0.717, 1.165) is 5.56 Å². The summed E-state index contributed by atoms with van der Waals surface area (Å²) in [6.45, 7) is 3.30. The molecule has 1 atom stereocenters. The van der Waals surface area contributed by atoms with E-state index >= 15 is 0 Å². The van der Waals surface area contributed by atoms with Gasteiger partial charge in [-0.3, -0.25) is 4.90 Å². The summed E-state index contributed by atoms with van der Waals surface area (Å²) < 4.78 is 38.4. The molecule has 0 aliphatic carbocycles.